The zero-order valence-corrected chi connectivity index (χ0v) is 13.8. The fourth-order valence-electron chi connectivity index (χ4n) is 2.38. The molecule has 116 valence electrons. The number of carbonyl (C=O) groups is 1. The van der Waals surface area contributed by atoms with Gasteiger partial charge in [-0.25, -0.2) is 0 Å². The highest BCUT2D eigenvalue weighted by molar-refractivity contribution is 6.32. The molecule has 0 saturated heterocycles. The molecule has 0 fully saturated rings. The first-order valence-electron chi connectivity index (χ1n) is 7.21. The number of halogens is 1. The molecule has 0 radical (unpaired) electrons. The van der Waals surface area contributed by atoms with Crippen molar-refractivity contribution in [2.24, 2.45) is 0 Å². The summed E-state index contributed by atoms with van der Waals surface area (Å²) in [5.74, 6) is 0.339. The van der Waals surface area contributed by atoms with E-state index in [2.05, 4.69) is 18.3 Å². The fourth-order valence-corrected chi connectivity index (χ4v) is 2.57. The zero-order valence-electron chi connectivity index (χ0n) is 13.0. The number of nitrogens with one attached hydrogen (secondary N) is 1. The van der Waals surface area contributed by atoms with Gasteiger partial charge in [0.25, 0.3) is 5.91 Å². The summed E-state index contributed by atoms with van der Waals surface area (Å²) in [5, 5.41) is 3.44. The SMILES string of the molecule is Cc1ccc([C@H](C)NC(=O)COc2ccccc2Cl)c(C)c1. The van der Waals surface area contributed by atoms with Crippen molar-refractivity contribution < 1.29 is 9.53 Å². The van der Waals surface area contributed by atoms with Crippen LogP contribution in [0.1, 0.15) is 29.7 Å². The molecule has 4 heteroatoms. The molecule has 0 aromatic heterocycles. The van der Waals surface area contributed by atoms with Crippen molar-refractivity contribution in [3.63, 3.8) is 0 Å². The van der Waals surface area contributed by atoms with Gasteiger partial charge in [-0.2, -0.15) is 0 Å². The van der Waals surface area contributed by atoms with E-state index in [1.165, 1.54) is 11.1 Å². The Bertz CT molecular complexity index is 670. The van der Waals surface area contributed by atoms with Crippen LogP contribution in [-0.2, 0) is 4.79 Å². The minimum Gasteiger partial charge on any atom is -0.482 e. The first-order chi connectivity index (χ1) is 10.5. The highest BCUT2D eigenvalue weighted by atomic mass is 35.5. The summed E-state index contributed by atoms with van der Waals surface area (Å²) in [6.07, 6.45) is 0. The summed E-state index contributed by atoms with van der Waals surface area (Å²) < 4.78 is 5.44. The smallest absolute Gasteiger partial charge is 0.258 e. The maximum atomic E-state index is 12.0. The largest absolute Gasteiger partial charge is 0.482 e. The number of para-hydroxylation sites is 1. The Kier molecular flexibility index (Phi) is 5.45. The average Bonchev–Trinajstić information content (AvgIpc) is 2.46. The first kappa shape index (κ1) is 16.4. The second kappa shape index (κ2) is 7.32. The minimum absolute atomic E-state index is 0.0566. The van der Waals surface area contributed by atoms with E-state index in [1.54, 1.807) is 12.1 Å². The van der Waals surface area contributed by atoms with Crippen LogP contribution in [0.15, 0.2) is 42.5 Å². The number of hydrogen-bond acceptors (Lipinski definition) is 2. The van der Waals surface area contributed by atoms with E-state index in [9.17, 15) is 4.79 Å². The van der Waals surface area contributed by atoms with E-state index >= 15 is 0 Å². The third-order valence-electron chi connectivity index (χ3n) is 3.46. The molecule has 0 aliphatic rings. The Labute approximate surface area is 136 Å². The lowest BCUT2D eigenvalue weighted by atomic mass is 10.0. The molecule has 0 spiro atoms. The molecular formula is C18H20ClNO2. The monoisotopic (exact) mass is 317 g/mol. The fraction of sp³-hybridized carbons (Fsp3) is 0.278. The van der Waals surface area contributed by atoms with Gasteiger partial charge in [-0.1, -0.05) is 47.5 Å². The summed E-state index contributed by atoms with van der Waals surface area (Å²) in [5.41, 5.74) is 3.48. The maximum Gasteiger partial charge on any atom is 0.258 e. The number of amides is 1. The van der Waals surface area contributed by atoms with Crippen LogP contribution < -0.4 is 10.1 Å². The summed E-state index contributed by atoms with van der Waals surface area (Å²) in [6, 6.07) is 13.2. The summed E-state index contributed by atoms with van der Waals surface area (Å²) >= 11 is 5.99. The Morgan fingerprint density at radius 1 is 1.23 bits per heavy atom. The lowest BCUT2D eigenvalue weighted by molar-refractivity contribution is -0.123. The third-order valence-corrected chi connectivity index (χ3v) is 3.78. The van der Waals surface area contributed by atoms with E-state index in [0.29, 0.717) is 10.8 Å². The van der Waals surface area contributed by atoms with E-state index in [4.69, 9.17) is 16.3 Å². The van der Waals surface area contributed by atoms with Gasteiger partial charge in [-0.05, 0) is 44.0 Å². The van der Waals surface area contributed by atoms with Gasteiger partial charge in [0.1, 0.15) is 5.75 Å². The van der Waals surface area contributed by atoms with Crippen LogP contribution in [-0.4, -0.2) is 12.5 Å². The Hall–Kier alpha value is -2.00. The van der Waals surface area contributed by atoms with Gasteiger partial charge in [-0.3, -0.25) is 4.79 Å². The zero-order chi connectivity index (χ0) is 16.1. The molecule has 2 rings (SSSR count). The number of rotatable bonds is 5. The van der Waals surface area contributed by atoms with E-state index in [1.807, 2.05) is 38.1 Å². The Balaban J connectivity index is 1.93. The molecule has 0 saturated carbocycles. The molecule has 0 aliphatic carbocycles. The van der Waals surface area contributed by atoms with Gasteiger partial charge >= 0.3 is 0 Å². The van der Waals surface area contributed by atoms with E-state index in [0.717, 1.165) is 5.56 Å². The van der Waals surface area contributed by atoms with Crippen molar-refractivity contribution >= 4 is 17.5 Å². The maximum absolute atomic E-state index is 12.0. The molecule has 3 nitrogen and oxygen atoms in total. The van der Waals surface area contributed by atoms with Crippen molar-refractivity contribution in [2.45, 2.75) is 26.8 Å². The first-order valence-corrected chi connectivity index (χ1v) is 7.59. The van der Waals surface area contributed by atoms with E-state index in [-0.39, 0.29) is 18.6 Å². The molecule has 1 atom stereocenters. The van der Waals surface area contributed by atoms with Gasteiger partial charge in [-0.15, -0.1) is 0 Å². The molecule has 1 N–H and O–H groups in total. The topological polar surface area (TPSA) is 38.3 Å². The Morgan fingerprint density at radius 3 is 2.64 bits per heavy atom. The minimum atomic E-state index is -0.174. The molecule has 2 aromatic carbocycles. The number of benzene rings is 2. The normalized spacial score (nSPS) is 11.8. The highest BCUT2D eigenvalue weighted by Gasteiger charge is 2.12. The number of aryl methyl sites for hydroxylation is 2. The number of ether oxygens (including phenoxy) is 1. The van der Waals surface area contributed by atoms with Crippen molar-refractivity contribution in [1.29, 1.82) is 0 Å². The Morgan fingerprint density at radius 2 is 1.95 bits per heavy atom. The second-order valence-electron chi connectivity index (χ2n) is 5.37. The number of carbonyl (C=O) groups excluding carboxylic acids is 1. The molecular weight excluding hydrogens is 298 g/mol. The van der Waals surface area contributed by atoms with Gasteiger partial charge in [0.15, 0.2) is 6.61 Å². The van der Waals surface area contributed by atoms with Crippen LogP contribution >= 0.6 is 11.6 Å². The second-order valence-corrected chi connectivity index (χ2v) is 5.78. The van der Waals surface area contributed by atoms with Crippen LogP contribution in [0.4, 0.5) is 0 Å². The third kappa shape index (κ3) is 4.25. The molecule has 0 aliphatic heterocycles. The van der Waals surface area contributed by atoms with Gasteiger partial charge in [0.2, 0.25) is 0 Å². The molecule has 0 unspecified atom stereocenters. The van der Waals surface area contributed by atoms with Crippen molar-refractivity contribution in [3.8, 4) is 5.75 Å². The average molecular weight is 318 g/mol. The van der Waals surface area contributed by atoms with Gasteiger partial charge in [0.05, 0.1) is 11.1 Å². The highest BCUT2D eigenvalue weighted by Crippen LogP contribution is 2.23. The summed E-state index contributed by atoms with van der Waals surface area (Å²) in [6.45, 7) is 6.01. The van der Waals surface area contributed by atoms with Crippen molar-refractivity contribution in [2.75, 3.05) is 6.61 Å². The van der Waals surface area contributed by atoms with Gasteiger partial charge < -0.3 is 10.1 Å². The predicted octanol–water partition coefficient (Wildman–Crippen LogP) is 4.21. The molecule has 1 amide bonds. The van der Waals surface area contributed by atoms with Crippen LogP contribution in [0.5, 0.6) is 5.75 Å². The van der Waals surface area contributed by atoms with E-state index < -0.39 is 0 Å². The molecule has 0 heterocycles. The van der Waals surface area contributed by atoms with Crippen molar-refractivity contribution in [3.05, 3.63) is 64.2 Å². The van der Waals surface area contributed by atoms with Crippen LogP contribution in [0.2, 0.25) is 5.02 Å². The molecule has 0 bridgehead atoms. The van der Waals surface area contributed by atoms with Crippen LogP contribution in [0, 0.1) is 13.8 Å². The predicted molar refractivity (Wildman–Crippen MR) is 89.4 cm³/mol. The summed E-state index contributed by atoms with van der Waals surface area (Å²) in [4.78, 5) is 12.0. The molecule has 22 heavy (non-hydrogen) atoms. The van der Waals surface area contributed by atoms with Crippen molar-refractivity contribution in [1.82, 2.24) is 5.32 Å². The lowest BCUT2D eigenvalue weighted by Crippen LogP contribution is -2.31. The van der Waals surface area contributed by atoms with Crippen LogP contribution in [0.3, 0.4) is 0 Å². The summed E-state index contributed by atoms with van der Waals surface area (Å²) in [7, 11) is 0. The number of hydrogen-bond donors (Lipinski definition) is 1. The van der Waals surface area contributed by atoms with Gasteiger partial charge in [0, 0.05) is 0 Å². The molecule has 2 aromatic rings. The lowest BCUT2D eigenvalue weighted by Gasteiger charge is -2.17. The standard InChI is InChI=1S/C18H20ClNO2/c1-12-8-9-15(13(2)10-12)14(3)20-18(21)11-22-17-7-5-4-6-16(17)19/h4-10,14H,11H2,1-3H3,(H,20,21)/t14-/m0/s1. The van der Waals surface area contributed by atoms with Crippen LogP contribution in [0.25, 0.3) is 0 Å². The quantitative estimate of drug-likeness (QED) is 0.897.